The van der Waals surface area contributed by atoms with Crippen molar-refractivity contribution in [3.05, 3.63) is 51.4 Å². The summed E-state index contributed by atoms with van der Waals surface area (Å²) in [6, 6.07) is 8.91. The molecule has 1 aromatic heterocycles. The normalized spacial score (nSPS) is 11.8. The molecule has 1 heterocycles. The fourth-order valence-electron chi connectivity index (χ4n) is 1.96. The third-order valence-corrected chi connectivity index (χ3v) is 4.58. The number of anilines is 1. The molecule has 2 rings (SSSR count). The minimum absolute atomic E-state index is 0.309. The molecule has 1 unspecified atom stereocenters. The molecule has 0 saturated carbocycles. The van der Waals surface area contributed by atoms with Crippen LogP contribution in [0.5, 0.6) is 0 Å². The SMILES string of the molecule is Cc1ccc(C(N)C(=O)Nc2sc(C)c(C)c2C#N)cc1. The second-order valence-electron chi connectivity index (χ2n) is 4.98. The van der Waals surface area contributed by atoms with Gasteiger partial charge in [-0.25, -0.2) is 0 Å². The van der Waals surface area contributed by atoms with Gasteiger partial charge in [-0.05, 0) is 31.9 Å². The summed E-state index contributed by atoms with van der Waals surface area (Å²) >= 11 is 1.40. The van der Waals surface area contributed by atoms with E-state index in [0.717, 1.165) is 21.6 Å². The molecule has 0 saturated heterocycles. The van der Waals surface area contributed by atoms with Crippen LogP contribution in [0.4, 0.5) is 5.00 Å². The number of carbonyl (C=O) groups is 1. The van der Waals surface area contributed by atoms with Gasteiger partial charge in [0, 0.05) is 4.88 Å². The Morgan fingerprint density at radius 1 is 1.29 bits per heavy atom. The van der Waals surface area contributed by atoms with Crippen molar-refractivity contribution in [1.82, 2.24) is 0 Å². The molecule has 0 bridgehead atoms. The summed E-state index contributed by atoms with van der Waals surface area (Å²) in [5.41, 5.74) is 9.27. The molecule has 2 aromatic rings. The van der Waals surface area contributed by atoms with Crippen molar-refractivity contribution in [3.8, 4) is 6.07 Å². The smallest absolute Gasteiger partial charge is 0.246 e. The van der Waals surface area contributed by atoms with E-state index in [9.17, 15) is 10.1 Å². The number of nitriles is 1. The van der Waals surface area contributed by atoms with E-state index in [-0.39, 0.29) is 5.91 Å². The van der Waals surface area contributed by atoms with Crippen molar-refractivity contribution < 1.29 is 4.79 Å². The Bertz CT molecular complexity index is 710. The van der Waals surface area contributed by atoms with E-state index in [2.05, 4.69) is 11.4 Å². The first-order valence-electron chi connectivity index (χ1n) is 6.57. The molecule has 0 radical (unpaired) electrons. The minimum atomic E-state index is -0.750. The number of rotatable bonds is 3. The predicted octanol–water partition coefficient (Wildman–Crippen LogP) is 3.18. The number of thiophene rings is 1. The van der Waals surface area contributed by atoms with Crippen LogP contribution in [0.15, 0.2) is 24.3 Å². The zero-order chi connectivity index (χ0) is 15.6. The largest absolute Gasteiger partial charge is 0.316 e. The van der Waals surface area contributed by atoms with Crippen molar-refractivity contribution in [3.63, 3.8) is 0 Å². The molecule has 108 valence electrons. The summed E-state index contributed by atoms with van der Waals surface area (Å²) in [6.07, 6.45) is 0. The lowest BCUT2D eigenvalue weighted by Gasteiger charge is -2.12. The molecular formula is C16H17N3OS. The van der Waals surface area contributed by atoms with E-state index < -0.39 is 6.04 Å². The van der Waals surface area contributed by atoms with Crippen LogP contribution >= 0.6 is 11.3 Å². The van der Waals surface area contributed by atoms with Crippen molar-refractivity contribution >= 4 is 22.2 Å². The monoisotopic (exact) mass is 299 g/mol. The van der Waals surface area contributed by atoms with E-state index in [0.29, 0.717) is 10.6 Å². The van der Waals surface area contributed by atoms with Gasteiger partial charge in [0.05, 0.1) is 5.56 Å². The van der Waals surface area contributed by atoms with E-state index in [1.165, 1.54) is 11.3 Å². The van der Waals surface area contributed by atoms with Gasteiger partial charge in [-0.2, -0.15) is 5.26 Å². The van der Waals surface area contributed by atoms with Gasteiger partial charge in [0.25, 0.3) is 0 Å². The average Bonchev–Trinajstić information content (AvgIpc) is 2.73. The molecule has 1 amide bonds. The van der Waals surface area contributed by atoms with Crippen LogP contribution in [0.1, 0.15) is 33.2 Å². The lowest BCUT2D eigenvalue weighted by Crippen LogP contribution is -2.27. The van der Waals surface area contributed by atoms with Crippen LogP contribution in [0.3, 0.4) is 0 Å². The summed E-state index contributed by atoms with van der Waals surface area (Å²) < 4.78 is 0. The fourth-order valence-corrected chi connectivity index (χ4v) is 2.98. The number of aryl methyl sites for hydroxylation is 2. The zero-order valence-electron chi connectivity index (χ0n) is 12.2. The summed E-state index contributed by atoms with van der Waals surface area (Å²) in [5, 5.41) is 12.5. The van der Waals surface area contributed by atoms with Gasteiger partial charge < -0.3 is 11.1 Å². The van der Waals surface area contributed by atoms with Crippen molar-refractivity contribution in [2.24, 2.45) is 5.73 Å². The molecule has 0 aliphatic heterocycles. The van der Waals surface area contributed by atoms with Crippen LogP contribution in [0, 0.1) is 32.1 Å². The number of hydrogen-bond donors (Lipinski definition) is 2. The molecule has 21 heavy (non-hydrogen) atoms. The van der Waals surface area contributed by atoms with Gasteiger partial charge in [-0.1, -0.05) is 29.8 Å². The number of nitrogens with zero attached hydrogens (tertiary/aromatic N) is 1. The van der Waals surface area contributed by atoms with Gasteiger partial charge >= 0.3 is 0 Å². The van der Waals surface area contributed by atoms with Gasteiger partial charge in [0.1, 0.15) is 17.1 Å². The summed E-state index contributed by atoms with van der Waals surface area (Å²) in [7, 11) is 0. The van der Waals surface area contributed by atoms with Gasteiger partial charge in [-0.15, -0.1) is 11.3 Å². The van der Waals surface area contributed by atoms with Crippen LogP contribution in [-0.4, -0.2) is 5.91 Å². The zero-order valence-corrected chi connectivity index (χ0v) is 13.0. The minimum Gasteiger partial charge on any atom is -0.316 e. The number of nitrogens with one attached hydrogen (secondary N) is 1. The molecule has 4 nitrogen and oxygen atoms in total. The number of hydrogen-bond acceptors (Lipinski definition) is 4. The Labute approximate surface area is 128 Å². The number of amides is 1. The first kappa shape index (κ1) is 15.2. The van der Waals surface area contributed by atoms with Crippen LogP contribution in [0.2, 0.25) is 0 Å². The summed E-state index contributed by atoms with van der Waals surface area (Å²) in [4.78, 5) is 13.3. The maximum absolute atomic E-state index is 12.2. The third kappa shape index (κ3) is 3.13. The third-order valence-electron chi connectivity index (χ3n) is 3.45. The molecule has 0 aliphatic carbocycles. The van der Waals surface area contributed by atoms with Crippen molar-refractivity contribution in [2.45, 2.75) is 26.8 Å². The molecule has 3 N–H and O–H groups in total. The number of carbonyl (C=O) groups excluding carboxylic acids is 1. The standard InChI is InChI=1S/C16H17N3OS/c1-9-4-6-12(7-5-9)14(18)15(20)19-16-13(8-17)10(2)11(3)21-16/h4-7,14H,18H2,1-3H3,(H,19,20). The van der Waals surface area contributed by atoms with E-state index in [4.69, 9.17) is 5.73 Å². The lowest BCUT2D eigenvalue weighted by molar-refractivity contribution is -0.117. The van der Waals surface area contributed by atoms with Crippen LogP contribution < -0.4 is 11.1 Å². The van der Waals surface area contributed by atoms with Gasteiger partial charge in [0.2, 0.25) is 5.91 Å². The predicted molar refractivity (Wildman–Crippen MR) is 85.2 cm³/mol. The second kappa shape index (κ2) is 6.08. The molecule has 5 heteroatoms. The lowest BCUT2D eigenvalue weighted by atomic mass is 10.1. The Morgan fingerprint density at radius 3 is 2.48 bits per heavy atom. The quantitative estimate of drug-likeness (QED) is 0.913. The fraction of sp³-hybridized carbons (Fsp3) is 0.250. The molecule has 0 aliphatic rings. The van der Waals surface area contributed by atoms with Crippen LogP contribution in [-0.2, 0) is 4.79 Å². The van der Waals surface area contributed by atoms with E-state index in [1.54, 1.807) is 0 Å². The van der Waals surface area contributed by atoms with E-state index >= 15 is 0 Å². The molecule has 0 spiro atoms. The molecule has 0 fully saturated rings. The summed E-state index contributed by atoms with van der Waals surface area (Å²) in [5.74, 6) is -0.309. The van der Waals surface area contributed by atoms with Gasteiger partial charge in [0.15, 0.2) is 0 Å². The van der Waals surface area contributed by atoms with Crippen LogP contribution in [0.25, 0.3) is 0 Å². The topological polar surface area (TPSA) is 78.9 Å². The maximum atomic E-state index is 12.2. The second-order valence-corrected chi connectivity index (χ2v) is 6.20. The van der Waals surface area contributed by atoms with Gasteiger partial charge in [-0.3, -0.25) is 4.79 Å². The molecular weight excluding hydrogens is 282 g/mol. The average molecular weight is 299 g/mol. The first-order valence-corrected chi connectivity index (χ1v) is 7.38. The Balaban J connectivity index is 2.20. The van der Waals surface area contributed by atoms with Crippen molar-refractivity contribution in [1.29, 1.82) is 5.26 Å². The Morgan fingerprint density at radius 2 is 1.90 bits per heavy atom. The number of benzene rings is 1. The Kier molecular flexibility index (Phi) is 4.41. The highest BCUT2D eigenvalue weighted by Crippen LogP contribution is 2.32. The van der Waals surface area contributed by atoms with Crippen molar-refractivity contribution in [2.75, 3.05) is 5.32 Å². The maximum Gasteiger partial charge on any atom is 0.246 e. The Hall–Kier alpha value is -2.16. The van der Waals surface area contributed by atoms with E-state index in [1.807, 2.05) is 45.0 Å². The molecule has 1 aromatic carbocycles. The summed E-state index contributed by atoms with van der Waals surface area (Å²) in [6.45, 7) is 5.78. The highest BCUT2D eigenvalue weighted by molar-refractivity contribution is 7.16. The first-order chi connectivity index (χ1) is 9.93. The number of nitrogens with two attached hydrogens (primary N) is 1. The molecule has 1 atom stereocenters. The highest BCUT2D eigenvalue weighted by Gasteiger charge is 2.19. The highest BCUT2D eigenvalue weighted by atomic mass is 32.1.